The second-order valence-corrected chi connectivity index (χ2v) is 8.83. The van der Waals surface area contributed by atoms with E-state index in [9.17, 15) is 4.79 Å². The zero-order valence-corrected chi connectivity index (χ0v) is 18.6. The number of carbonyl (C=O) groups is 1. The van der Waals surface area contributed by atoms with Crippen LogP contribution in [0.5, 0.6) is 5.75 Å². The minimum absolute atomic E-state index is 0.0632. The van der Waals surface area contributed by atoms with Gasteiger partial charge in [0.2, 0.25) is 5.13 Å². The van der Waals surface area contributed by atoms with E-state index in [-0.39, 0.29) is 5.91 Å². The van der Waals surface area contributed by atoms with Crippen LogP contribution in [0.25, 0.3) is 6.08 Å². The van der Waals surface area contributed by atoms with Gasteiger partial charge in [-0.3, -0.25) is 9.69 Å². The number of carbonyl (C=O) groups excluding carboxylic acids is 1. The van der Waals surface area contributed by atoms with E-state index in [4.69, 9.17) is 4.74 Å². The maximum absolute atomic E-state index is 12.6. The molecule has 2 aromatic carbocycles. The molecule has 0 N–H and O–H groups in total. The van der Waals surface area contributed by atoms with Crippen LogP contribution in [-0.4, -0.2) is 28.0 Å². The molecule has 0 unspecified atom stereocenters. The molecule has 0 atom stereocenters. The number of likely N-dealkylation sites (N-methyl/N-ethyl adjacent to an activating group) is 1. The molecular formula is C23H21N3O2S2. The molecule has 0 saturated carbocycles. The number of thiazole rings is 1. The Morgan fingerprint density at radius 2 is 1.83 bits per heavy atom. The van der Waals surface area contributed by atoms with Crippen molar-refractivity contribution in [2.45, 2.75) is 20.5 Å². The first-order valence-electron chi connectivity index (χ1n) is 9.45. The van der Waals surface area contributed by atoms with E-state index in [1.54, 1.807) is 11.9 Å². The van der Waals surface area contributed by atoms with Crippen LogP contribution in [0.15, 0.2) is 63.8 Å². The van der Waals surface area contributed by atoms with Crippen molar-refractivity contribution in [2.24, 2.45) is 4.99 Å². The number of hydrogen-bond acceptors (Lipinski definition) is 6. The summed E-state index contributed by atoms with van der Waals surface area (Å²) in [6, 6.07) is 16.0. The Balaban J connectivity index is 1.43. The fourth-order valence-electron chi connectivity index (χ4n) is 2.79. The van der Waals surface area contributed by atoms with E-state index in [0.717, 1.165) is 22.6 Å². The number of ether oxygens (including phenoxy) is 1. The molecule has 1 fully saturated rings. The summed E-state index contributed by atoms with van der Waals surface area (Å²) in [6.45, 7) is 4.52. The van der Waals surface area contributed by atoms with E-state index >= 15 is 0 Å². The van der Waals surface area contributed by atoms with Crippen molar-refractivity contribution in [2.75, 3.05) is 7.05 Å². The van der Waals surface area contributed by atoms with E-state index in [0.29, 0.717) is 21.8 Å². The number of benzene rings is 2. The molecule has 1 aliphatic heterocycles. The third-order valence-corrected chi connectivity index (χ3v) is 6.42. The van der Waals surface area contributed by atoms with Crippen LogP contribution >= 0.6 is 23.1 Å². The third kappa shape index (κ3) is 4.80. The van der Waals surface area contributed by atoms with Crippen molar-refractivity contribution in [1.82, 2.24) is 9.88 Å². The number of aryl methyl sites for hydroxylation is 2. The molecule has 0 aliphatic carbocycles. The van der Waals surface area contributed by atoms with Crippen molar-refractivity contribution >= 4 is 45.4 Å². The van der Waals surface area contributed by atoms with Gasteiger partial charge in [-0.2, -0.15) is 4.99 Å². The molecule has 0 spiro atoms. The van der Waals surface area contributed by atoms with Gasteiger partial charge < -0.3 is 4.74 Å². The second-order valence-electron chi connectivity index (χ2n) is 6.98. The normalized spacial score (nSPS) is 16.6. The third-order valence-electron chi connectivity index (χ3n) is 4.51. The highest BCUT2D eigenvalue weighted by molar-refractivity contribution is 8.18. The quantitative estimate of drug-likeness (QED) is 0.492. The SMILES string of the molecule is Cc1ccc(COc2ccc(/C=C3\S/C(=N/c4nc(C)cs4)N(C)C3=O)cc2)cc1. The van der Waals surface area contributed by atoms with Gasteiger partial charge in [-0.25, -0.2) is 4.98 Å². The molecule has 1 aromatic heterocycles. The highest BCUT2D eigenvalue weighted by Crippen LogP contribution is 2.34. The summed E-state index contributed by atoms with van der Waals surface area (Å²) < 4.78 is 5.85. The molecular weight excluding hydrogens is 414 g/mol. The number of nitrogens with zero attached hydrogens (tertiary/aromatic N) is 3. The molecule has 152 valence electrons. The minimum atomic E-state index is -0.0632. The molecule has 5 nitrogen and oxygen atoms in total. The molecule has 3 aromatic rings. The smallest absolute Gasteiger partial charge is 0.266 e. The zero-order chi connectivity index (χ0) is 21.1. The number of amides is 1. The standard InChI is InChI=1S/C23H21N3O2S2/c1-15-4-6-18(7-5-15)13-28-19-10-8-17(9-11-19)12-20-21(27)26(3)23(30-20)25-22-24-16(2)14-29-22/h4-12,14H,13H2,1-3H3/b20-12-,25-23+. The highest BCUT2D eigenvalue weighted by Gasteiger charge is 2.30. The van der Waals surface area contributed by atoms with Gasteiger partial charge in [0.1, 0.15) is 12.4 Å². The number of amidine groups is 1. The number of hydrogen-bond donors (Lipinski definition) is 0. The molecule has 1 aliphatic rings. The van der Waals surface area contributed by atoms with E-state index in [2.05, 4.69) is 41.2 Å². The van der Waals surface area contributed by atoms with Gasteiger partial charge in [0.25, 0.3) is 5.91 Å². The van der Waals surface area contributed by atoms with E-state index < -0.39 is 0 Å². The van der Waals surface area contributed by atoms with Crippen LogP contribution in [-0.2, 0) is 11.4 Å². The summed E-state index contributed by atoms with van der Waals surface area (Å²) >= 11 is 2.83. The van der Waals surface area contributed by atoms with Crippen LogP contribution in [0.4, 0.5) is 5.13 Å². The number of thioether (sulfide) groups is 1. The van der Waals surface area contributed by atoms with Gasteiger partial charge >= 0.3 is 0 Å². The predicted molar refractivity (Wildman–Crippen MR) is 124 cm³/mol. The first-order chi connectivity index (χ1) is 14.5. The van der Waals surface area contributed by atoms with Crippen LogP contribution < -0.4 is 4.74 Å². The Kier molecular flexibility index (Phi) is 6.01. The summed E-state index contributed by atoms with van der Waals surface area (Å²) in [5.74, 6) is 0.730. The fraction of sp³-hybridized carbons (Fsp3) is 0.174. The van der Waals surface area contributed by atoms with Crippen LogP contribution in [0.2, 0.25) is 0 Å². The summed E-state index contributed by atoms with van der Waals surface area (Å²) in [5.41, 5.74) is 4.23. The molecule has 30 heavy (non-hydrogen) atoms. The molecule has 0 radical (unpaired) electrons. The first kappa shape index (κ1) is 20.4. The minimum Gasteiger partial charge on any atom is -0.489 e. The van der Waals surface area contributed by atoms with Crippen LogP contribution in [0.1, 0.15) is 22.4 Å². The van der Waals surface area contributed by atoms with Crippen LogP contribution in [0.3, 0.4) is 0 Å². The van der Waals surface area contributed by atoms with Crippen molar-refractivity contribution < 1.29 is 9.53 Å². The summed E-state index contributed by atoms with van der Waals surface area (Å²) in [6.07, 6.45) is 1.88. The van der Waals surface area contributed by atoms with Crippen molar-refractivity contribution in [3.05, 3.63) is 81.2 Å². The molecule has 4 rings (SSSR count). The topological polar surface area (TPSA) is 54.8 Å². The number of rotatable bonds is 5. The largest absolute Gasteiger partial charge is 0.489 e. The Morgan fingerprint density at radius 1 is 1.10 bits per heavy atom. The molecule has 0 bridgehead atoms. The number of aliphatic imine (C=N–C) groups is 1. The highest BCUT2D eigenvalue weighted by atomic mass is 32.2. The lowest BCUT2D eigenvalue weighted by Crippen LogP contribution is -2.23. The maximum atomic E-state index is 12.6. The van der Waals surface area contributed by atoms with Crippen molar-refractivity contribution in [1.29, 1.82) is 0 Å². The average molecular weight is 436 g/mol. The van der Waals surface area contributed by atoms with Gasteiger partial charge in [0, 0.05) is 12.4 Å². The van der Waals surface area contributed by atoms with E-state index in [1.165, 1.54) is 28.7 Å². The van der Waals surface area contributed by atoms with E-state index in [1.807, 2.05) is 42.6 Å². The Bertz CT molecular complexity index is 1120. The van der Waals surface area contributed by atoms with Crippen molar-refractivity contribution in [3.63, 3.8) is 0 Å². The second kappa shape index (κ2) is 8.85. The molecule has 1 saturated heterocycles. The summed E-state index contributed by atoms with van der Waals surface area (Å²) in [7, 11) is 1.73. The lowest BCUT2D eigenvalue weighted by atomic mass is 10.1. The molecule has 1 amide bonds. The maximum Gasteiger partial charge on any atom is 0.266 e. The summed E-state index contributed by atoms with van der Waals surface area (Å²) in [5, 5.41) is 3.24. The molecule has 7 heteroatoms. The van der Waals surface area contributed by atoms with Gasteiger partial charge in [0.05, 0.1) is 10.6 Å². The zero-order valence-electron chi connectivity index (χ0n) is 17.0. The van der Waals surface area contributed by atoms with Gasteiger partial charge in [-0.15, -0.1) is 11.3 Å². The van der Waals surface area contributed by atoms with Gasteiger partial charge in [-0.1, -0.05) is 42.0 Å². The number of aromatic nitrogens is 1. The predicted octanol–water partition coefficient (Wildman–Crippen LogP) is 5.57. The first-order valence-corrected chi connectivity index (χ1v) is 11.1. The summed E-state index contributed by atoms with van der Waals surface area (Å²) in [4.78, 5) is 23.6. The fourth-order valence-corrected chi connectivity index (χ4v) is 4.48. The lowest BCUT2D eigenvalue weighted by molar-refractivity contribution is -0.121. The Hall–Kier alpha value is -2.90. The van der Waals surface area contributed by atoms with Gasteiger partial charge in [-0.05, 0) is 54.9 Å². The Labute approximate surface area is 184 Å². The average Bonchev–Trinajstić information content (AvgIpc) is 3.27. The van der Waals surface area contributed by atoms with Crippen LogP contribution in [0, 0.1) is 13.8 Å². The Morgan fingerprint density at radius 3 is 2.50 bits per heavy atom. The van der Waals surface area contributed by atoms with Gasteiger partial charge in [0.15, 0.2) is 5.17 Å². The molecule has 2 heterocycles. The monoisotopic (exact) mass is 435 g/mol. The van der Waals surface area contributed by atoms with Crippen molar-refractivity contribution in [3.8, 4) is 5.75 Å². The lowest BCUT2D eigenvalue weighted by Gasteiger charge is -2.07.